The summed E-state index contributed by atoms with van der Waals surface area (Å²) in [6.45, 7) is 2.18. The van der Waals surface area contributed by atoms with Gasteiger partial charge in [-0.1, -0.05) is 12.1 Å². The maximum absolute atomic E-state index is 12.2. The molecule has 1 unspecified atom stereocenters. The second-order valence-electron chi connectivity index (χ2n) is 5.94. The largest absolute Gasteiger partial charge is 0.497 e. The molecule has 2 aromatic rings. The topological polar surface area (TPSA) is 88.7 Å². The molecule has 2 aromatic carbocycles. The van der Waals surface area contributed by atoms with Crippen LogP contribution in [0.4, 0.5) is 4.79 Å². The summed E-state index contributed by atoms with van der Waals surface area (Å²) in [6, 6.07) is 12.0. The Balaban J connectivity index is 1.97. The van der Waals surface area contributed by atoms with E-state index in [1.807, 2.05) is 25.1 Å². The summed E-state index contributed by atoms with van der Waals surface area (Å²) in [4.78, 5) is 23.9. The minimum absolute atomic E-state index is 0.165. The van der Waals surface area contributed by atoms with Crippen LogP contribution in [0.3, 0.4) is 0 Å². The number of hydrogen-bond acceptors (Lipinski definition) is 4. The van der Waals surface area contributed by atoms with Crippen molar-refractivity contribution in [3.05, 3.63) is 59.2 Å². The monoisotopic (exact) mass is 371 g/mol. The third-order valence-electron chi connectivity index (χ3n) is 4.12. The average molecular weight is 371 g/mol. The fourth-order valence-electron chi connectivity index (χ4n) is 2.65. The van der Waals surface area contributed by atoms with Gasteiger partial charge in [-0.3, -0.25) is 4.79 Å². The highest BCUT2D eigenvalue weighted by Gasteiger charge is 2.15. The predicted octanol–water partition coefficient (Wildman–Crippen LogP) is 2.62. The van der Waals surface area contributed by atoms with Gasteiger partial charge in [-0.25, -0.2) is 4.79 Å². The van der Waals surface area contributed by atoms with Gasteiger partial charge in [0, 0.05) is 30.8 Å². The summed E-state index contributed by atoms with van der Waals surface area (Å²) < 4.78 is 10.6. The fourth-order valence-corrected chi connectivity index (χ4v) is 2.65. The molecule has 27 heavy (non-hydrogen) atoms. The molecule has 0 fully saturated rings. The number of urea groups is 1. The lowest BCUT2D eigenvalue weighted by atomic mass is 10.1. The molecule has 0 aromatic heterocycles. The van der Waals surface area contributed by atoms with Crippen LogP contribution in [0.15, 0.2) is 42.5 Å². The smallest absolute Gasteiger partial charge is 0.315 e. The Hall–Kier alpha value is -3.22. The van der Waals surface area contributed by atoms with Crippen molar-refractivity contribution in [1.29, 1.82) is 0 Å². The van der Waals surface area contributed by atoms with Crippen molar-refractivity contribution in [3.63, 3.8) is 0 Å². The minimum atomic E-state index is -0.314. The molecule has 0 aliphatic heterocycles. The standard InChI is InChI=1S/C20H25N3O4/c1-13(17-9-8-16(26-3)11-18(17)27-4)23-20(25)22-12-14-6-5-7-15(10-14)19(24)21-2/h5-11,13H,12H2,1-4H3,(H,21,24)(H2,22,23,25). The van der Waals surface area contributed by atoms with Crippen molar-refractivity contribution in [2.24, 2.45) is 0 Å². The zero-order valence-electron chi connectivity index (χ0n) is 16.0. The van der Waals surface area contributed by atoms with Gasteiger partial charge in [0.05, 0.1) is 20.3 Å². The third kappa shape index (κ3) is 5.37. The quantitative estimate of drug-likeness (QED) is 0.698. The number of carbonyl (C=O) groups excluding carboxylic acids is 2. The summed E-state index contributed by atoms with van der Waals surface area (Å²) >= 11 is 0. The highest BCUT2D eigenvalue weighted by molar-refractivity contribution is 5.94. The lowest BCUT2D eigenvalue weighted by Gasteiger charge is -2.18. The van der Waals surface area contributed by atoms with E-state index in [4.69, 9.17) is 9.47 Å². The van der Waals surface area contributed by atoms with Gasteiger partial charge in [0.15, 0.2) is 0 Å². The molecular weight excluding hydrogens is 346 g/mol. The lowest BCUT2D eigenvalue weighted by Crippen LogP contribution is -2.36. The molecule has 0 heterocycles. The maximum atomic E-state index is 12.2. The summed E-state index contributed by atoms with van der Waals surface area (Å²) in [5.41, 5.74) is 2.23. The van der Waals surface area contributed by atoms with E-state index in [9.17, 15) is 9.59 Å². The van der Waals surface area contributed by atoms with Gasteiger partial charge in [0.2, 0.25) is 0 Å². The molecular formula is C20H25N3O4. The van der Waals surface area contributed by atoms with Gasteiger partial charge < -0.3 is 25.4 Å². The highest BCUT2D eigenvalue weighted by atomic mass is 16.5. The Bertz CT molecular complexity index is 808. The molecule has 7 heteroatoms. The van der Waals surface area contributed by atoms with Crippen molar-refractivity contribution in [3.8, 4) is 11.5 Å². The molecule has 0 aliphatic carbocycles. The average Bonchev–Trinajstić information content (AvgIpc) is 2.71. The Kier molecular flexibility index (Phi) is 7.05. The SMILES string of the molecule is CNC(=O)c1cccc(CNC(=O)NC(C)c2ccc(OC)cc2OC)c1. The van der Waals surface area contributed by atoms with Crippen molar-refractivity contribution < 1.29 is 19.1 Å². The molecule has 0 spiro atoms. The van der Waals surface area contributed by atoms with Crippen LogP contribution in [-0.4, -0.2) is 33.2 Å². The molecule has 0 saturated carbocycles. The van der Waals surface area contributed by atoms with Crippen LogP contribution in [0.5, 0.6) is 11.5 Å². The van der Waals surface area contributed by atoms with Crippen LogP contribution in [-0.2, 0) is 6.54 Å². The fraction of sp³-hybridized carbons (Fsp3) is 0.300. The third-order valence-corrected chi connectivity index (χ3v) is 4.12. The first-order chi connectivity index (χ1) is 13.0. The molecule has 2 rings (SSSR count). The van der Waals surface area contributed by atoms with Crippen molar-refractivity contribution >= 4 is 11.9 Å². The van der Waals surface area contributed by atoms with Gasteiger partial charge in [0.1, 0.15) is 11.5 Å². The van der Waals surface area contributed by atoms with E-state index in [0.717, 1.165) is 11.1 Å². The molecule has 144 valence electrons. The van der Waals surface area contributed by atoms with Crippen LogP contribution in [0.25, 0.3) is 0 Å². The number of amides is 3. The molecule has 0 bridgehead atoms. The second kappa shape index (κ2) is 9.47. The van der Waals surface area contributed by atoms with E-state index in [-0.39, 0.29) is 18.0 Å². The lowest BCUT2D eigenvalue weighted by molar-refractivity contribution is 0.0963. The normalized spacial score (nSPS) is 11.3. The van der Waals surface area contributed by atoms with Gasteiger partial charge >= 0.3 is 6.03 Å². The van der Waals surface area contributed by atoms with E-state index in [1.165, 1.54) is 0 Å². The van der Waals surface area contributed by atoms with Crippen molar-refractivity contribution in [1.82, 2.24) is 16.0 Å². The highest BCUT2D eigenvalue weighted by Crippen LogP contribution is 2.29. The predicted molar refractivity (Wildman–Crippen MR) is 103 cm³/mol. The van der Waals surface area contributed by atoms with E-state index in [2.05, 4.69) is 16.0 Å². The molecule has 0 aliphatic rings. The van der Waals surface area contributed by atoms with Crippen LogP contribution < -0.4 is 25.4 Å². The van der Waals surface area contributed by atoms with Gasteiger partial charge in [0.25, 0.3) is 5.91 Å². The number of methoxy groups -OCH3 is 2. The summed E-state index contributed by atoms with van der Waals surface area (Å²) in [5, 5.41) is 8.25. The van der Waals surface area contributed by atoms with E-state index >= 15 is 0 Å². The van der Waals surface area contributed by atoms with Crippen LogP contribution in [0.2, 0.25) is 0 Å². The summed E-state index contributed by atoms with van der Waals surface area (Å²) in [5.74, 6) is 1.16. The summed E-state index contributed by atoms with van der Waals surface area (Å²) in [7, 11) is 4.74. The zero-order valence-corrected chi connectivity index (χ0v) is 16.0. The van der Waals surface area contributed by atoms with E-state index in [1.54, 1.807) is 45.5 Å². The molecule has 3 amide bonds. The van der Waals surface area contributed by atoms with E-state index in [0.29, 0.717) is 23.6 Å². The number of benzene rings is 2. The number of hydrogen-bond donors (Lipinski definition) is 3. The Labute approximate surface area is 159 Å². The zero-order chi connectivity index (χ0) is 19.8. The molecule has 7 nitrogen and oxygen atoms in total. The number of carbonyl (C=O) groups is 2. The number of ether oxygens (including phenoxy) is 2. The molecule has 1 atom stereocenters. The first kappa shape index (κ1) is 20.1. The van der Waals surface area contributed by atoms with Crippen LogP contribution in [0.1, 0.15) is 34.5 Å². The van der Waals surface area contributed by atoms with E-state index < -0.39 is 0 Å². The van der Waals surface area contributed by atoms with Gasteiger partial charge in [-0.15, -0.1) is 0 Å². The van der Waals surface area contributed by atoms with Gasteiger partial charge in [-0.2, -0.15) is 0 Å². The Morgan fingerprint density at radius 2 is 1.85 bits per heavy atom. The van der Waals surface area contributed by atoms with Crippen LogP contribution >= 0.6 is 0 Å². The first-order valence-electron chi connectivity index (χ1n) is 8.55. The first-order valence-corrected chi connectivity index (χ1v) is 8.55. The van der Waals surface area contributed by atoms with Crippen molar-refractivity contribution in [2.45, 2.75) is 19.5 Å². The molecule has 0 radical (unpaired) electrons. The number of rotatable bonds is 7. The van der Waals surface area contributed by atoms with Gasteiger partial charge in [-0.05, 0) is 36.8 Å². The Morgan fingerprint density at radius 3 is 2.52 bits per heavy atom. The second-order valence-corrected chi connectivity index (χ2v) is 5.94. The molecule has 0 saturated heterocycles. The summed E-state index contributed by atoms with van der Waals surface area (Å²) in [6.07, 6.45) is 0. The Morgan fingerprint density at radius 1 is 1.07 bits per heavy atom. The minimum Gasteiger partial charge on any atom is -0.497 e. The maximum Gasteiger partial charge on any atom is 0.315 e. The van der Waals surface area contributed by atoms with Crippen molar-refractivity contribution in [2.75, 3.05) is 21.3 Å². The molecule has 3 N–H and O–H groups in total. The van der Waals surface area contributed by atoms with Crippen LogP contribution in [0, 0.1) is 0 Å². The number of nitrogens with one attached hydrogen (secondary N) is 3.